The van der Waals surface area contributed by atoms with E-state index in [9.17, 15) is 19.5 Å². The van der Waals surface area contributed by atoms with Crippen LogP contribution in [0, 0.1) is 27.7 Å². The number of cyclic esters (lactones) is 1. The molecule has 2 aromatic carbocycles. The molecule has 0 spiro atoms. The molecule has 53 heavy (non-hydrogen) atoms. The molecule has 2 unspecified atom stereocenters. The fraction of sp³-hybridized carbons (Fsp3) is 0.237. The van der Waals surface area contributed by atoms with Gasteiger partial charge in [-0.2, -0.15) is 0 Å². The number of rotatable bonds is 4. The van der Waals surface area contributed by atoms with Gasteiger partial charge in [-0.1, -0.05) is 12.1 Å². The molecule has 15 heteroatoms. The molecule has 14 nitrogen and oxygen atoms in total. The Labute approximate surface area is 314 Å². The molecule has 0 aliphatic carbocycles. The first kappa shape index (κ1) is 40.0. The Kier molecular flexibility index (Phi) is 12.6. The van der Waals surface area contributed by atoms with Gasteiger partial charge in [0, 0.05) is 75.2 Å². The number of esters is 1. The van der Waals surface area contributed by atoms with Crippen LogP contribution in [0.15, 0.2) is 72.2 Å². The Morgan fingerprint density at radius 2 is 1.09 bits per heavy atom. The van der Waals surface area contributed by atoms with Crippen molar-refractivity contribution in [2.24, 2.45) is 0 Å². The number of aliphatic hydroxyl groups is 3. The Bertz CT molecular complexity index is 2280. The summed E-state index contributed by atoms with van der Waals surface area (Å²) < 4.78 is 4.28. The van der Waals surface area contributed by atoms with E-state index in [-0.39, 0.29) is 28.9 Å². The number of aliphatic hydroxyl groups excluding tert-OH is 3. The van der Waals surface area contributed by atoms with E-state index < -0.39 is 36.3 Å². The average molecular weight is 769 g/mol. The van der Waals surface area contributed by atoms with Crippen LogP contribution in [0.5, 0.6) is 0 Å². The standard InChI is InChI=1S/2C16H15N3O.C6H7O6.Cu/c2*1-9-4-6-12-8-14(19-11(3)20)13-7-5-10(2)18-16(13)15(12)17-9;7-1-2(8)5-3(9)4(10)6(11)12-5;/h2*4-8H,1-3H3,(H,19,20);2,5,8-10H,1H2;/q;;-1;. The van der Waals surface area contributed by atoms with Gasteiger partial charge in [-0.25, -0.2) is 4.79 Å². The van der Waals surface area contributed by atoms with E-state index in [1.54, 1.807) is 0 Å². The Hall–Kier alpha value is -5.73. The summed E-state index contributed by atoms with van der Waals surface area (Å²) in [5, 5.41) is 46.1. The van der Waals surface area contributed by atoms with Crippen molar-refractivity contribution in [2.45, 2.75) is 53.8 Å². The molecule has 1 aliphatic heterocycles. The second-order valence-corrected chi connectivity index (χ2v) is 12.3. The number of nitrogens with one attached hydrogen (secondary N) is 2. The molecular weight excluding hydrogens is 732 g/mol. The predicted molar refractivity (Wildman–Crippen MR) is 195 cm³/mol. The van der Waals surface area contributed by atoms with Crippen molar-refractivity contribution in [3.8, 4) is 0 Å². The number of amides is 2. The number of hydrogen-bond donors (Lipinski definition) is 5. The molecule has 2 atom stereocenters. The van der Waals surface area contributed by atoms with E-state index in [2.05, 4.69) is 35.3 Å². The summed E-state index contributed by atoms with van der Waals surface area (Å²) in [5.74, 6) is -3.06. The monoisotopic (exact) mass is 768 g/mol. The molecular formula is C38H37CuN6O8-. The van der Waals surface area contributed by atoms with Gasteiger partial charge in [0.15, 0.2) is 11.9 Å². The van der Waals surface area contributed by atoms with Crippen LogP contribution in [-0.2, 0) is 36.2 Å². The van der Waals surface area contributed by atoms with Gasteiger partial charge in [-0.05, 0) is 76.2 Å². The molecule has 279 valence electrons. The number of benzene rings is 2. The average Bonchev–Trinajstić information content (AvgIpc) is 3.35. The predicted octanol–water partition coefficient (Wildman–Crippen LogP) is 4.67. The van der Waals surface area contributed by atoms with E-state index in [4.69, 9.17) is 15.3 Å². The Morgan fingerprint density at radius 3 is 1.43 bits per heavy atom. The van der Waals surface area contributed by atoms with Gasteiger partial charge in [0.2, 0.25) is 17.6 Å². The molecule has 1 aliphatic rings. The topological polar surface area (TPSA) is 220 Å². The largest absolute Gasteiger partial charge is 0.853 e. The van der Waals surface area contributed by atoms with Crippen molar-refractivity contribution in [3.05, 3.63) is 95.0 Å². The second-order valence-electron chi connectivity index (χ2n) is 12.3. The summed E-state index contributed by atoms with van der Waals surface area (Å²) in [6.45, 7) is 9.91. The minimum absolute atomic E-state index is 0. The summed E-state index contributed by atoms with van der Waals surface area (Å²) in [7, 11) is 0. The molecule has 5 N–H and O–H groups in total. The molecule has 2 amide bonds. The van der Waals surface area contributed by atoms with Crippen LogP contribution in [0.25, 0.3) is 43.6 Å². The van der Waals surface area contributed by atoms with Gasteiger partial charge in [0.1, 0.15) is 0 Å². The summed E-state index contributed by atoms with van der Waals surface area (Å²) in [6, 6.07) is 19.7. The minimum atomic E-state index is -1.53. The van der Waals surface area contributed by atoms with E-state index in [0.29, 0.717) is 0 Å². The normalized spacial score (nSPS) is 14.1. The van der Waals surface area contributed by atoms with Gasteiger partial charge < -0.3 is 35.8 Å². The van der Waals surface area contributed by atoms with Gasteiger partial charge in [-0.15, -0.1) is 6.61 Å². The first-order chi connectivity index (χ1) is 24.7. The zero-order valence-corrected chi connectivity index (χ0v) is 30.6. The van der Waals surface area contributed by atoms with Crippen LogP contribution < -0.4 is 15.7 Å². The number of aromatic nitrogens is 4. The minimum Gasteiger partial charge on any atom is -0.853 e. The number of carbonyl (C=O) groups excluding carboxylic acids is 3. The van der Waals surface area contributed by atoms with Gasteiger partial charge in [0.05, 0.1) is 39.5 Å². The molecule has 7 rings (SSSR count). The van der Waals surface area contributed by atoms with Crippen LogP contribution in [0.2, 0.25) is 0 Å². The maximum Gasteiger partial charge on any atom is 0.377 e. The zero-order valence-electron chi connectivity index (χ0n) is 29.6. The first-order valence-corrected chi connectivity index (χ1v) is 16.2. The number of aryl methyl sites for hydroxylation is 4. The molecule has 0 saturated carbocycles. The molecule has 0 saturated heterocycles. The van der Waals surface area contributed by atoms with Crippen LogP contribution in [0.4, 0.5) is 11.4 Å². The van der Waals surface area contributed by atoms with Crippen molar-refractivity contribution in [1.82, 2.24) is 19.9 Å². The van der Waals surface area contributed by atoms with E-state index >= 15 is 0 Å². The first-order valence-electron chi connectivity index (χ1n) is 16.2. The molecule has 0 fully saturated rings. The Balaban J connectivity index is 0.000000182. The number of pyridine rings is 4. The number of fused-ring (bicyclic) bond motifs is 6. The SMILES string of the molecule is CC(=O)Nc1cc2ccc(C)nc2c2nc(C)ccc12.CC(=O)Nc1cc2ccc(C)nc2c2nc(C)ccc12.O=C1OC(C(O)C[O-])C(O)=C1O.[Cu]. The smallest absolute Gasteiger partial charge is 0.377 e. The maximum absolute atomic E-state index is 11.4. The van der Waals surface area contributed by atoms with E-state index in [0.717, 1.165) is 77.8 Å². The quantitative estimate of drug-likeness (QED) is 0.0938. The van der Waals surface area contributed by atoms with Gasteiger partial charge >= 0.3 is 5.97 Å². The fourth-order valence-electron chi connectivity index (χ4n) is 5.52. The Morgan fingerprint density at radius 1 is 0.717 bits per heavy atom. The maximum atomic E-state index is 11.4. The number of carbonyl (C=O) groups is 3. The van der Waals surface area contributed by atoms with Crippen LogP contribution >= 0.6 is 0 Å². The molecule has 4 aromatic heterocycles. The number of anilines is 2. The summed E-state index contributed by atoms with van der Waals surface area (Å²) in [5.41, 5.74) is 8.73. The van der Waals surface area contributed by atoms with Crippen LogP contribution in [0.3, 0.4) is 0 Å². The summed E-state index contributed by atoms with van der Waals surface area (Å²) >= 11 is 0. The number of nitrogens with zero attached hydrogens (tertiary/aromatic N) is 4. The van der Waals surface area contributed by atoms with E-state index in [1.165, 1.54) is 13.8 Å². The summed E-state index contributed by atoms with van der Waals surface area (Å²) in [6.07, 6.45) is -2.95. The third kappa shape index (κ3) is 9.02. The third-order valence-corrected chi connectivity index (χ3v) is 7.91. The molecule has 1 radical (unpaired) electrons. The zero-order chi connectivity index (χ0) is 37.9. The third-order valence-electron chi connectivity index (χ3n) is 7.91. The number of hydrogen-bond acceptors (Lipinski definition) is 12. The van der Waals surface area contributed by atoms with Crippen molar-refractivity contribution in [2.75, 3.05) is 17.2 Å². The molecule has 0 bridgehead atoms. The van der Waals surface area contributed by atoms with Gasteiger partial charge in [-0.3, -0.25) is 29.5 Å². The van der Waals surface area contributed by atoms with Crippen molar-refractivity contribution < 1.29 is 56.6 Å². The van der Waals surface area contributed by atoms with Crippen LogP contribution in [-0.4, -0.2) is 71.9 Å². The van der Waals surface area contributed by atoms with Crippen molar-refractivity contribution in [1.29, 1.82) is 0 Å². The number of ether oxygens (including phenoxy) is 1. The second kappa shape index (κ2) is 16.7. The molecule has 5 heterocycles. The molecule has 6 aromatic rings. The van der Waals surface area contributed by atoms with Crippen molar-refractivity contribution >= 4 is 72.8 Å². The van der Waals surface area contributed by atoms with Crippen molar-refractivity contribution in [3.63, 3.8) is 0 Å². The van der Waals surface area contributed by atoms with E-state index in [1.807, 2.05) is 88.4 Å². The summed E-state index contributed by atoms with van der Waals surface area (Å²) in [4.78, 5) is 51.6. The van der Waals surface area contributed by atoms with Gasteiger partial charge in [0.25, 0.3) is 0 Å². The van der Waals surface area contributed by atoms with Crippen LogP contribution in [0.1, 0.15) is 36.6 Å². The fourth-order valence-corrected chi connectivity index (χ4v) is 5.52.